The van der Waals surface area contributed by atoms with E-state index >= 15 is 0 Å². The molecule has 1 aromatic heterocycles. The Hall–Kier alpha value is -4.30. The van der Waals surface area contributed by atoms with Gasteiger partial charge in [-0.1, -0.05) is 52.8 Å². The summed E-state index contributed by atoms with van der Waals surface area (Å²) < 4.78 is 67.6. The van der Waals surface area contributed by atoms with Crippen molar-refractivity contribution in [3.05, 3.63) is 82.9 Å². The Morgan fingerprint density at radius 2 is 1.71 bits per heavy atom. The Labute approximate surface area is 239 Å². The van der Waals surface area contributed by atoms with E-state index in [1.165, 1.54) is 18.2 Å². The minimum atomic E-state index is -5.95. The van der Waals surface area contributed by atoms with Gasteiger partial charge in [0, 0.05) is 23.0 Å². The number of carbonyl (C=O) groups excluding carboxylic acids is 2. The molecule has 4 rings (SSSR count). The first kappa shape index (κ1) is 30.7. The first-order valence-electron chi connectivity index (χ1n) is 12.2. The predicted molar refractivity (Wildman–Crippen MR) is 139 cm³/mol. The van der Waals surface area contributed by atoms with Crippen LogP contribution in [0.25, 0.3) is 22.2 Å². The fourth-order valence-corrected chi connectivity index (χ4v) is 4.19. The third-order valence-electron chi connectivity index (χ3n) is 6.21. The van der Waals surface area contributed by atoms with Gasteiger partial charge in [0.1, 0.15) is 11.0 Å². The van der Waals surface area contributed by atoms with Gasteiger partial charge in [-0.25, -0.2) is 4.79 Å². The van der Waals surface area contributed by atoms with Crippen LogP contribution in [-0.2, 0) is 16.0 Å². The molecular weight excluding hydrogens is 591 g/mol. The first-order chi connectivity index (χ1) is 19.7. The molecule has 1 heterocycles. The number of ether oxygens (including phenoxy) is 1. The van der Waals surface area contributed by atoms with Gasteiger partial charge in [-0.2, -0.15) is 22.0 Å². The standard InChI is InChI=1S/C27H22ClF5N4O5/c28-19-3-1-2-17(11-19)16-6-4-15(5-7-16)10-20(13-23(38)25(40)42-14-26(29,30)27(31,32)33)34-24(39)18-8-9-21-22(12-18)37(41)36-35-21/h1-9,11-12,20,23,38,41H,10,13-14H2,(H,34,39). The van der Waals surface area contributed by atoms with E-state index in [1.54, 1.807) is 42.5 Å². The lowest BCUT2D eigenvalue weighted by atomic mass is 9.97. The second-order valence-electron chi connectivity index (χ2n) is 9.33. The summed E-state index contributed by atoms with van der Waals surface area (Å²) >= 11 is 6.05. The maximum Gasteiger partial charge on any atom is 0.456 e. The fraction of sp³-hybridized carbons (Fsp3) is 0.259. The number of hydrogen-bond acceptors (Lipinski definition) is 7. The predicted octanol–water partition coefficient (Wildman–Crippen LogP) is 4.82. The molecule has 2 unspecified atom stereocenters. The van der Waals surface area contributed by atoms with Gasteiger partial charge in [-0.05, 0) is 58.7 Å². The van der Waals surface area contributed by atoms with E-state index < -0.39 is 49.1 Å². The molecule has 3 aromatic carbocycles. The molecule has 15 heteroatoms. The minimum absolute atomic E-state index is 0.0202. The number of aliphatic hydroxyl groups excluding tert-OH is 1. The highest BCUT2D eigenvalue weighted by Gasteiger charge is 2.58. The van der Waals surface area contributed by atoms with Crippen molar-refractivity contribution < 1.29 is 46.6 Å². The Kier molecular flexibility index (Phi) is 8.97. The van der Waals surface area contributed by atoms with E-state index in [-0.39, 0.29) is 17.5 Å². The van der Waals surface area contributed by atoms with Gasteiger partial charge in [0.15, 0.2) is 12.7 Å². The molecule has 0 aliphatic heterocycles. The van der Waals surface area contributed by atoms with E-state index in [9.17, 15) is 41.9 Å². The summed E-state index contributed by atoms with van der Waals surface area (Å²) in [6.07, 6.45) is -8.66. The third-order valence-corrected chi connectivity index (χ3v) is 6.44. The van der Waals surface area contributed by atoms with Crippen molar-refractivity contribution in [2.24, 2.45) is 0 Å². The second kappa shape index (κ2) is 12.3. The highest BCUT2D eigenvalue weighted by Crippen LogP contribution is 2.35. The number of amides is 1. The van der Waals surface area contributed by atoms with Crippen molar-refractivity contribution in [3.8, 4) is 11.1 Å². The molecule has 0 saturated heterocycles. The van der Waals surface area contributed by atoms with Crippen LogP contribution in [0.15, 0.2) is 66.7 Å². The largest absolute Gasteiger partial charge is 0.457 e. The Morgan fingerprint density at radius 1 is 1.00 bits per heavy atom. The number of fused-ring (bicyclic) bond motifs is 1. The summed E-state index contributed by atoms with van der Waals surface area (Å²) in [5, 5.41) is 30.3. The van der Waals surface area contributed by atoms with Gasteiger partial charge >= 0.3 is 18.1 Å². The van der Waals surface area contributed by atoms with Crippen LogP contribution in [0.1, 0.15) is 22.3 Å². The molecule has 222 valence electrons. The first-order valence-corrected chi connectivity index (χ1v) is 12.6. The zero-order valence-corrected chi connectivity index (χ0v) is 22.1. The van der Waals surface area contributed by atoms with Crippen molar-refractivity contribution in [2.45, 2.75) is 37.1 Å². The van der Waals surface area contributed by atoms with Gasteiger partial charge in [0.2, 0.25) is 0 Å². The van der Waals surface area contributed by atoms with Crippen molar-refractivity contribution in [1.29, 1.82) is 0 Å². The smallest absolute Gasteiger partial charge is 0.456 e. The van der Waals surface area contributed by atoms with Gasteiger partial charge < -0.3 is 20.4 Å². The lowest BCUT2D eigenvalue weighted by molar-refractivity contribution is -0.294. The molecule has 4 aromatic rings. The van der Waals surface area contributed by atoms with Gasteiger partial charge in [-0.3, -0.25) is 4.79 Å². The van der Waals surface area contributed by atoms with Gasteiger partial charge in [0.25, 0.3) is 5.91 Å². The number of hydrogen-bond donors (Lipinski definition) is 3. The summed E-state index contributed by atoms with van der Waals surface area (Å²) in [4.78, 5) is 25.6. The number of benzene rings is 3. The normalized spacial score (nSPS) is 13.5. The quantitative estimate of drug-likeness (QED) is 0.133. The molecule has 0 radical (unpaired) electrons. The summed E-state index contributed by atoms with van der Waals surface area (Å²) in [7, 11) is 0. The molecule has 0 spiro atoms. The third kappa shape index (κ3) is 7.31. The van der Waals surface area contributed by atoms with Crippen LogP contribution < -0.4 is 5.32 Å². The Morgan fingerprint density at radius 3 is 2.38 bits per heavy atom. The van der Waals surface area contributed by atoms with Crippen molar-refractivity contribution in [2.75, 3.05) is 6.61 Å². The average molecular weight is 613 g/mol. The highest BCUT2D eigenvalue weighted by molar-refractivity contribution is 6.30. The summed E-state index contributed by atoms with van der Waals surface area (Å²) in [6.45, 7) is -2.31. The fourth-order valence-electron chi connectivity index (χ4n) is 4.00. The van der Waals surface area contributed by atoms with E-state index in [0.29, 0.717) is 20.9 Å². The number of alkyl halides is 5. The maximum atomic E-state index is 13.2. The monoisotopic (exact) mass is 612 g/mol. The molecule has 0 fully saturated rings. The molecule has 42 heavy (non-hydrogen) atoms. The second-order valence-corrected chi connectivity index (χ2v) is 9.76. The van der Waals surface area contributed by atoms with Crippen molar-refractivity contribution >= 4 is 34.5 Å². The molecule has 0 aliphatic carbocycles. The summed E-state index contributed by atoms with van der Waals surface area (Å²) in [6, 6.07) is 17.1. The van der Waals surface area contributed by atoms with Crippen LogP contribution in [0.3, 0.4) is 0 Å². The van der Waals surface area contributed by atoms with Crippen LogP contribution in [-0.4, -0.2) is 68.2 Å². The van der Waals surface area contributed by atoms with E-state index in [0.717, 1.165) is 11.1 Å². The number of carbonyl (C=O) groups is 2. The number of aromatic nitrogens is 3. The maximum absolute atomic E-state index is 13.2. The average Bonchev–Trinajstić information content (AvgIpc) is 3.31. The molecular formula is C27H22ClF5N4O5. The number of aliphatic hydroxyl groups is 1. The zero-order chi connectivity index (χ0) is 30.7. The SMILES string of the molecule is O=C(NC(Cc1ccc(-c2cccc(Cl)c2)cc1)CC(O)C(=O)OCC(F)(F)C(F)(F)F)c1ccc2nnn(O)c2c1. The number of esters is 1. The topological polar surface area (TPSA) is 127 Å². The molecule has 2 atom stereocenters. The molecule has 1 amide bonds. The van der Waals surface area contributed by atoms with E-state index in [2.05, 4.69) is 20.4 Å². The lowest BCUT2D eigenvalue weighted by Crippen LogP contribution is -2.44. The number of halogens is 6. The molecule has 9 nitrogen and oxygen atoms in total. The van der Waals surface area contributed by atoms with Crippen LogP contribution in [0.2, 0.25) is 5.02 Å². The summed E-state index contributed by atoms with van der Waals surface area (Å²) in [5.74, 6) is -7.73. The summed E-state index contributed by atoms with van der Waals surface area (Å²) in [5.41, 5.74) is 2.73. The minimum Gasteiger partial charge on any atom is -0.457 e. The Bertz CT molecular complexity index is 1580. The van der Waals surface area contributed by atoms with Gasteiger partial charge in [-0.15, -0.1) is 5.10 Å². The lowest BCUT2D eigenvalue weighted by Gasteiger charge is -2.23. The highest BCUT2D eigenvalue weighted by atomic mass is 35.5. The van der Waals surface area contributed by atoms with Crippen LogP contribution >= 0.6 is 11.6 Å². The molecule has 0 saturated carbocycles. The molecule has 0 aliphatic rings. The molecule has 0 bridgehead atoms. The van der Waals surface area contributed by atoms with Crippen LogP contribution in [0.5, 0.6) is 0 Å². The van der Waals surface area contributed by atoms with Gasteiger partial charge in [0.05, 0.1) is 0 Å². The molecule has 3 N–H and O–H groups in total. The number of nitrogens with zero attached hydrogens (tertiary/aromatic N) is 3. The van der Waals surface area contributed by atoms with Crippen molar-refractivity contribution in [3.63, 3.8) is 0 Å². The van der Waals surface area contributed by atoms with Crippen LogP contribution in [0, 0.1) is 0 Å². The van der Waals surface area contributed by atoms with Crippen molar-refractivity contribution in [1.82, 2.24) is 20.5 Å². The van der Waals surface area contributed by atoms with E-state index in [1.807, 2.05) is 6.07 Å². The zero-order valence-electron chi connectivity index (χ0n) is 21.4. The number of nitrogens with one attached hydrogen (secondary N) is 1. The Balaban J connectivity index is 1.51. The number of rotatable bonds is 10. The van der Waals surface area contributed by atoms with Crippen LogP contribution in [0.4, 0.5) is 22.0 Å². The van der Waals surface area contributed by atoms with E-state index in [4.69, 9.17) is 11.6 Å².